The monoisotopic (exact) mass is 576 g/mol. The molecule has 0 radical (unpaired) electrons. The average Bonchev–Trinajstić information content (AvgIpc) is 3.40. The molecule has 12 heteroatoms. The van der Waals surface area contributed by atoms with Gasteiger partial charge in [-0.3, -0.25) is 0 Å². The number of hydrogen-bond donors (Lipinski definition) is 1. The molecule has 6 rings (SSSR count). The molecule has 3 aromatic rings. The van der Waals surface area contributed by atoms with E-state index in [1.807, 2.05) is 18.2 Å². The van der Waals surface area contributed by atoms with E-state index in [4.69, 9.17) is 11.6 Å². The van der Waals surface area contributed by atoms with Crippen molar-refractivity contribution in [2.75, 3.05) is 18.4 Å². The van der Waals surface area contributed by atoms with Crippen molar-refractivity contribution < 1.29 is 13.2 Å². The number of nitrogens with zero attached hydrogens (tertiary/aromatic N) is 3. The van der Waals surface area contributed by atoms with Crippen LogP contribution in [0.1, 0.15) is 55.3 Å². The zero-order valence-corrected chi connectivity index (χ0v) is 25.4. The van der Waals surface area contributed by atoms with Crippen molar-refractivity contribution in [3.8, 4) is 0 Å². The lowest BCUT2D eigenvalue weighted by atomic mass is 9.31. The maximum Gasteiger partial charge on any atom is 0.418 e. The third-order valence-corrected chi connectivity index (χ3v) is 11.1. The molecule has 1 N–H and O–H groups in total. The van der Waals surface area contributed by atoms with E-state index in [1.165, 1.54) is 11.6 Å². The summed E-state index contributed by atoms with van der Waals surface area (Å²) >= 11 is 6.38. The lowest BCUT2D eigenvalue weighted by molar-refractivity contribution is -0.136. The smallest absolute Gasteiger partial charge is 0.358 e. The van der Waals surface area contributed by atoms with Gasteiger partial charge in [0.05, 0.1) is 22.9 Å². The van der Waals surface area contributed by atoms with Crippen LogP contribution in [0.25, 0.3) is 11.0 Å². The number of benzene rings is 2. The molecule has 212 valence electrons. The van der Waals surface area contributed by atoms with Gasteiger partial charge >= 0.3 is 6.18 Å². The van der Waals surface area contributed by atoms with Gasteiger partial charge in [-0.15, -0.1) is 0 Å². The minimum absolute atomic E-state index is 0.0915. The van der Waals surface area contributed by atoms with Crippen LogP contribution >= 0.6 is 11.6 Å². The van der Waals surface area contributed by atoms with Crippen LogP contribution in [0.5, 0.6) is 0 Å². The van der Waals surface area contributed by atoms with Gasteiger partial charge in [-0.05, 0) is 97.9 Å². The topological polar surface area (TPSA) is 33.1 Å². The van der Waals surface area contributed by atoms with Gasteiger partial charge in [0.2, 0.25) is 0 Å². The molecular weight excluding hydrogens is 540 g/mol. The molecule has 1 saturated heterocycles. The minimum Gasteiger partial charge on any atom is -0.358 e. The highest BCUT2D eigenvalue weighted by atomic mass is 35.5. The van der Waals surface area contributed by atoms with Crippen molar-refractivity contribution in [3.63, 3.8) is 0 Å². The summed E-state index contributed by atoms with van der Waals surface area (Å²) in [5, 5.41) is 3.62. The molecule has 1 aliphatic carbocycles. The Labute approximate surface area is 249 Å². The largest absolute Gasteiger partial charge is 0.418 e. The van der Waals surface area contributed by atoms with Gasteiger partial charge in [0.25, 0.3) is 0 Å². The van der Waals surface area contributed by atoms with E-state index < -0.39 is 11.7 Å². The predicted molar refractivity (Wildman–Crippen MR) is 172 cm³/mol. The highest BCUT2D eigenvalue weighted by molar-refractivity contribution is 6.54. The third kappa shape index (κ3) is 4.66. The molecule has 2 aromatic carbocycles. The standard InChI is InChI=1S/C29H36B4ClF3N4/c1-16-9-20(10-16)41-15-38-24-12-18(11-22(25(24)41)28(35,36)37)14-27(30,31)29(32,33)40-7-5-26(6-8-40)17(2)39-23-4-3-19(34)13-21(23)26/h3-4,11-13,15-16,20,39H,2,5-10,14,30-33H2,1H3. The maximum absolute atomic E-state index is 14.4. The Morgan fingerprint density at radius 3 is 2.41 bits per heavy atom. The van der Waals surface area contributed by atoms with Crippen LogP contribution < -0.4 is 5.32 Å². The molecule has 2 fully saturated rings. The fraction of sp³-hybridized carbons (Fsp3) is 0.483. The van der Waals surface area contributed by atoms with Gasteiger partial charge in [-0.2, -0.15) is 13.2 Å². The van der Waals surface area contributed by atoms with Gasteiger partial charge in [-0.25, -0.2) is 4.98 Å². The second-order valence-corrected chi connectivity index (χ2v) is 14.3. The van der Waals surface area contributed by atoms with Crippen LogP contribution in [0.15, 0.2) is 48.9 Å². The lowest BCUT2D eigenvalue weighted by Crippen LogP contribution is -2.62. The Morgan fingerprint density at radius 1 is 1.10 bits per heavy atom. The number of fused-ring (bicyclic) bond motifs is 3. The fourth-order valence-electron chi connectivity index (χ4n) is 7.55. The second kappa shape index (κ2) is 9.63. The second-order valence-electron chi connectivity index (χ2n) is 13.9. The number of alkyl halides is 3. The van der Waals surface area contributed by atoms with Crippen molar-refractivity contribution in [3.05, 3.63) is 70.6 Å². The molecule has 0 bridgehead atoms. The van der Waals surface area contributed by atoms with Gasteiger partial charge < -0.3 is 14.8 Å². The van der Waals surface area contributed by atoms with Gasteiger partial charge in [0, 0.05) is 27.9 Å². The Kier molecular flexibility index (Phi) is 6.78. The summed E-state index contributed by atoms with van der Waals surface area (Å²) in [5.41, 5.74) is 3.94. The zero-order chi connectivity index (χ0) is 29.5. The lowest BCUT2D eigenvalue weighted by Gasteiger charge is -2.54. The molecule has 2 aliphatic heterocycles. The first kappa shape index (κ1) is 28.8. The number of allylic oxidation sites excluding steroid dienone is 1. The predicted octanol–water partition coefficient (Wildman–Crippen LogP) is 3.50. The van der Waals surface area contributed by atoms with E-state index in [2.05, 4.69) is 66.2 Å². The van der Waals surface area contributed by atoms with Crippen LogP contribution in [-0.4, -0.2) is 64.3 Å². The van der Waals surface area contributed by atoms with E-state index in [0.29, 0.717) is 23.4 Å². The Balaban J connectivity index is 1.25. The minimum atomic E-state index is -4.45. The summed E-state index contributed by atoms with van der Waals surface area (Å²) in [6, 6.07) is 9.34. The quantitative estimate of drug-likeness (QED) is 0.473. The normalized spacial score (nSPS) is 23.0. The van der Waals surface area contributed by atoms with Crippen molar-refractivity contribution in [1.29, 1.82) is 0 Å². The molecule has 0 unspecified atom stereocenters. The molecule has 3 heterocycles. The first-order valence-electron chi connectivity index (χ1n) is 14.7. The van der Waals surface area contributed by atoms with Gasteiger partial charge in [0.1, 0.15) is 31.4 Å². The SMILES string of the molecule is BC(B)(Cc1cc(C(F)(F)F)c2c(c1)ncn2C1CC(C)C1)C(B)(B)N1CCC2(CC1)C(=C)Nc1ccc(Cl)cc12. The van der Waals surface area contributed by atoms with Crippen LogP contribution in [0.4, 0.5) is 18.9 Å². The molecular formula is C29H36B4ClF3N4. The molecule has 4 nitrogen and oxygen atoms in total. The molecule has 0 amide bonds. The summed E-state index contributed by atoms with van der Waals surface area (Å²) in [7, 11) is 8.81. The molecule has 1 aromatic heterocycles. The van der Waals surface area contributed by atoms with Gasteiger partial charge in [0.15, 0.2) is 0 Å². The highest BCUT2D eigenvalue weighted by Crippen LogP contribution is 2.52. The number of hydrogen-bond acceptors (Lipinski definition) is 3. The molecule has 0 atom stereocenters. The maximum atomic E-state index is 14.4. The van der Waals surface area contributed by atoms with E-state index in [9.17, 15) is 13.2 Å². The number of rotatable bonds is 5. The number of anilines is 1. The Morgan fingerprint density at radius 2 is 1.78 bits per heavy atom. The molecule has 41 heavy (non-hydrogen) atoms. The van der Waals surface area contributed by atoms with Crippen LogP contribution in [0.3, 0.4) is 0 Å². The summed E-state index contributed by atoms with van der Waals surface area (Å²) in [5.74, 6) is 0.536. The van der Waals surface area contributed by atoms with Crippen LogP contribution in [0, 0.1) is 5.92 Å². The summed E-state index contributed by atoms with van der Waals surface area (Å²) in [6.45, 7) is 8.23. The number of halogens is 4. The van der Waals surface area contributed by atoms with E-state index in [-0.39, 0.29) is 27.5 Å². The third-order valence-electron chi connectivity index (χ3n) is 10.8. The van der Waals surface area contributed by atoms with E-state index >= 15 is 0 Å². The van der Waals surface area contributed by atoms with Crippen molar-refractivity contribution in [2.45, 2.75) is 67.2 Å². The van der Waals surface area contributed by atoms with Crippen molar-refractivity contribution in [2.24, 2.45) is 5.92 Å². The molecule has 3 aliphatic rings. The van der Waals surface area contributed by atoms with E-state index in [1.54, 1.807) is 10.9 Å². The van der Waals surface area contributed by atoms with E-state index in [0.717, 1.165) is 55.2 Å². The number of piperidine rings is 1. The first-order chi connectivity index (χ1) is 19.1. The number of likely N-dealkylation sites (tertiary alicyclic amines) is 1. The number of imidazole rings is 1. The average molecular weight is 576 g/mol. The Bertz CT molecular complexity index is 1520. The summed E-state index contributed by atoms with van der Waals surface area (Å²) < 4.78 is 45.0. The van der Waals surface area contributed by atoms with Crippen molar-refractivity contribution in [1.82, 2.24) is 14.5 Å². The first-order valence-corrected chi connectivity index (χ1v) is 15.1. The summed E-state index contributed by atoms with van der Waals surface area (Å²) in [6.07, 6.45) is 1.28. The number of aromatic nitrogens is 2. The van der Waals surface area contributed by atoms with Gasteiger partial charge in [-0.1, -0.05) is 30.3 Å². The zero-order valence-electron chi connectivity index (χ0n) is 24.6. The van der Waals surface area contributed by atoms with Crippen LogP contribution in [-0.2, 0) is 18.0 Å². The fourth-order valence-corrected chi connectivity index (χ4v) is 7.72. The van der Waals surface area contributed by atoms with Crippen molar-refractivity contribution >= 4 is 59.7 Å². The molecule has 1 spiro atoms. The summed E-state index contributed by atoms with van der Waals surface area (Å²) in [4.78, 5) is 6.97. The number of nitrogens with one attached hydrogen (secondary N) is 1. The molecule has 1 saturated carbocycles. The Hall–Kier alpha value is -2.25. The van der Waals surface area contributed by atoms with Crippen LogP contribution in [0.2, 0.25) is 10.2 Å². The highest BCUT2D eigenvalue weighted by Gasteiger charge is 2.49.